The van der Waals surface area contributed by atoms with Crippen molar-refractivity contribution in [3.05, 3.63) is 64.7 Å². The van der Waals surface area contributed by atoms with Crippen LogP contribution in [0.2, 0.25) is 0 Å². The molecule has 0 aliphatic rings. The van der Waals surface area contributed by atoms with E-state index in [1.165, 1.54) is 11.1 Å². The Kier molecular flexibility index (Phi) is 3.16. The van der Waals surface area contributed by atoms with E-state index < -0.39 is 6.10 Å². The molecule has 17 heavy (non-hydrogen) atoms. The third kappa shape index (κ3) is 2.48. The number of nitrogens with two attached hydrogens (primary N) is 1. The van der Waals surface area contributed by atoms with E-state index >= 15 is 0 Å². The molecule has 3 N–H and O–H groups in total. The number of benzene rings is 2. The Hall–Kier alpha value is -1.80. The second-order valence-electron chi connectivity index (χ2n) is 4.41. The van der Waals surface area contributed by atoms with Gasteiger partial charge in [0.15, 0.2) is 0 Å². The Morgan fingerprint density at radius 2 is 1.47 bits per heavy atom. The van der Waals surface area contributed by atoms with Crippen LogP contribution in [0.1, 0.15) is 28.4 Å². The molecule has 2 aromatic rings. The number of hydrogen-bond acceptors (Lipinski definition) is 2. The third-order valence-electron chi connectivity index (χ3n) is 3.10. The molecule has 2 heteroatoms. The average molecular weight is 227 g/mol. The van der Waals surface area contributed by atoms with Crippen molar-refractivity contribution in [3.63, 3.8) is 0 Å². The highest BCUT2D eigenvalue weighted by Gasteiger charge is 2.10. The van der Waals surface area contributed by atoms with Crippen molar-refractivity contribution in [2.75, 3.05) is 5.73 Å². The number of anilines is 1. The molecule has 0 aliphatic carbocycles. The van der Waals surface area contributed by atoms with Crippen LogP contribution in [0.5, 0.6) is 0 Å². The minimum Gasteiger partial charge on any atom is -0.399 e. The van der Waals surface area contributed by atoms with E-state index in [4.69, 9.17) is 5.73 Å². The summed E-state index contributed by atoms with van der Waals surface area (Å²) in [4.78, 5) is 0. The van der Waals surface area contributed by atoms with Crippen molar-refractivity contribution in [3.8, 4) is 0 Å². The van der Waals surface area contributed by atoms with Gasteiger partial charge in [-0.3, -0.25) is 0 Å². The summed E-state index contributed by atoms with van der Waals surface area (Å²) in [6.45, 7) is 4.11. The Balaban J connectivity index is 2.33. The maximum Gasteiger partial charge on any atom is 0.104 e. The Morgan fingerprint density at radius 1 is 0.882 bits per heavy atom. The van der Waals surface area contributed by atoms with Crippen LogP contribution in [0.15, 0.2) is 42.5 Å². The van der Waals surface area contributed by atoms with E-state index in [9.17, 15) is 5.11 Å². The number of aliphatic hydroxyl groups is 1. The van der Waals surface area contributed by atoms with E-state index in [1.807, 2.05) is 30.3 Å². The lowest BCUT2D eigenvalue weighted by atomic mass is 9.98. The lowest BCUT2D eigenvalue weighted by Crippen LogP contribution is -2.00. The zero-order valence-corrected chi connectivity index (χ0v) is 10.1. The maximum atomic E-state index is 10.3. The SMILES string of the molecule is Cc1ccc(C(O)c2ccc(N)cc2)cc1C. The molecule has 0 heterocycles. The fourth-order valence-corrected chi connectivity index (χ4v) is 1.81. The molecule has 1 unspecified atom stereocenters. The van der Waals surface area contributed by atoms with Gasteiger partial charge in [-0.25, -0.2) is 0 Å². The highest BCUT2D eigenvalue weighted by Crippen LogP contribution is 2.24. The molecular formula is C15H17NO. The molecule has 2 rings (SSSR count). The summed E-state index contributed by atoms with van der Waals surface area (Å²) in [5.41, 5.74) is 10.5. The van der Waals surface area contributed by atoms with Gasteiger partial charge in [0.2, 0.25) is 0 Å². The van der Waals surface area contributed by atoms with Crippen LogP contribution in [0.3, 0.4) is 0 Å². The molecule has 0 spiro atoms. The van der Waals surface area contributed by atoms with Crippen molar-refractivity contribution in [1.82, 2.24) is 0 Å². The van der Waals surface area contributed by atoms with E-state index in [2.05, 4.69) is 13.8 Å². The van der Waals surface area contributed by atoms with Gasteiger partial charge in [-0.2, -0.15) is 0 Å². The number of hydrogen-bond donors (Lipinski definition) is 2. The van der Waals surface area contributed by atoms with Crippen LogP contribution >= 0.6 is 0 Å². The Labute approximate surface area is 102 Å². The van der Waals surface area contributed by atoms with Crippen LogP contribution in [-0.4, -0.2) is 5.11 Å². The first-order valence-electron chi connectivity index (χ1n) is 5.68. The van der Waals surface area contributed by atoms with Gasteiger partial charge >= 0.3 is 0 Å². The molecule has 2 nitrogen and oxygen atoms in total. The van der Waals surface area contributed by atoms with Gasteiger partial charge in [0.05, 0.1) is 0 Å². The Morgan fingerprint density at radius 3 is 2.06 bits per heavy atom. The molecule has 0 saturated heterocycles. The topological polar surface area (TPSA) is 46.2 Å². The summed E-state index contributed by atoms with van der Waals surface area (Å²) in [7, 11) is 0. The summed E-state index contributed by atoms with van der Waals surface area (Å²) in [6, 6.07) is 13.3. The smallest absolute Gasteiger partial charge is 0.104 e. The second kappa shape index (κ2) is 4.60. The molecule has 1 atom stereocenters. The molecule has 0 aliphatic heterocycles. The summed E-state index contributed by atoms with van der Waals surface area (Å²) in [5, 5.41) is 10.3. The fourth-order valence-electron chi connectivity index (χ4n) is 1.81. The van der Waals surface area contributed by atoms with Gasteiger partial charge in [-0.15, -0.1) is 0 Å². The highest BCUT2D eigenvalue weighted by molar-refractivity contribution is 5.42. The molecule has 0 radical (unpaired) electrons. The minimum absolute atomic E-state index is 0.588. The second-order valence-corrected chi connectivity index (χ2v) is 4.41. The first-order chi connectivity index (χ1) is 8.08. The van der Waals surface area contributed by atoms with Crippen LogP contribution in [0, 0.1) is 13.8 Å². The average Bonchev–Trinajstić information content (AvgIpc) is 2.33. The molecular weight excluding hydrogens is 210 g/mol. The van der Waals surface area contributed by atoms with Crippen molar-refractivity contribution >= 4 is 5.69 Å². The monoisotopic (exact) mass is 227 g/mol. The van der Waals surface area contributed by atoms with Gasteiger partial charge in [0.25, 0.3) is 0 Å². The fraction of sp³-hybridized carbons (Fsp3) is 0.200. The van der Waals surface area contributed by atoms with Crippen LogP contribution in [0.4, 0.5) is 5.69 Å². The number of rotatable bonds is 2. The minimum atomic E-state index is -0.588. The summed E-state index contributed by atoms with van der Waals surface area (Å²) < 4.78 is 0. The zero-order chi connectivity index (χ0) is 12.4. The predicted octanol–water partition coefficient (Wildman–Crippen LogP) is 2.97. The number of aryl methyl sites for hydroxylation is 2. The molecule has 2 aromatic carbocycles. The van der Waals surface area contributed by atoms with Crippen molar-refractivity contribution in [2.24, 2.45) is 0 Å². The number of aliphatic hydroxyl groups excluding tert-OH is 1. The zero-order valence-electron chi connectivity index (χ0n) is 10.1. The van der Waals surface area contributed by atoms with Crippen molar-refractivity contribution in [2.45, 2.75) is 20.0 Å². The van der Waals surface area contributed by atoms with Crippen LogP contribution < -0.4 is 5.73 Å². The molecule has 88 valence electrons. The van der Waals surface area contributed by atoms with Crippen LogP contribution in [-0.2, 0) is 0 Å². The molecule has 0 amide bonds. The summed E-state index contributed by atoms with van der Waals surface area (Å²) in [5.74, 6) is 0. The van der Waals surface area contributed by atoms with Crippen LogP contribution in [0.25, 0.3) is 0 Å². The van der Waals surface area contributed by atoms with E-state index in [1.54, 1.807) is 12.1 Å². The Bertz CT molecular complexity index is 517. The maximum absolute atomic E-state index is 10.3. The van der Waals surface area contributed by atoms with Crippen molar-refractivity contribution < 1.29 is 5.11 Å². The van der Waals surface area contributed by atoms with Gasteiger partial charge in [-0.1, -0.05) is 30.3 Å². The van der Waals surface area contributed by atoms with Crippen molar-refractivity contribution in [1.29, 1.82) is 0 Å². The highest BCUT2D eigenvalue weighted by atomic mass is 16.3. The first kappa shape index (κ1) is 11.7. The first-order valence-corrected chi connectivity index (χ1v) is 5.68. The largest absolute Gasteiger partial charge is 0.399 e. The predicted molar refractivity (Wildman–Crippen MR) is 70.8 cm³/mol. The molecule has 0 saturated carbocycles. The van der Waals surface area contributed by atoms with Gasteiger partial charge in [-0.05, 0) is 48.2 Å². The third-order valence-corrected chi connectivity index (χ3v) is 3.10. The normalized spacial score (nSPS) is 12.4. The summed E-state index contributed by atoms with van der Waals surface area (Å²) >= 11 is 0. The molecule has 0 bridgehead atoms. The van der Waals surface area contributed by atoms with Gasteiger partial charge in [0, 0.05) is 5.69 Å². The molecule has 0 fully saturated rings. The lowest BCUT2D eigenvalue weighted by molar-refractivity contribution is 0.220. The van der Waals surface area contributed by atoms with Gasteiger partial charge in [0.1, 0.15) is 6.10 Å². The number of nitrogen functional groups attached to an aromatic ring is 1. The van der Waals surface area contributed by atoms with E-state index in [-0.39, 0.29) is 0 Å². The standard InChI is InChI=1S/C15H17NO/c1-10-3-4-13(9-11(10)2)15(17)12-5-7-14(16)8-6-12/h3-9,15,17H,16H2,1-2H3. The quantitative estimate of drug-likeness (QED) is 0.775. The van der Waals surface area contributed by atoms with Gasteiger partial charge < -0.3 is 10.8 Å². The van der Waals surface area contributed by atoms with E-state index in [0.29, 0.717) is 5.69 Å². The lowest BCUT2D eigenvalue weighted by Gasteiger charge is -2.13. The summed E-state index contributed by atoms with van der Waals surface area (Å²) in [6.07, 6.45) is -0.588. The molecule has 0 aromatic heterocycles. The van der Waals surface area contributed by atoms with E-state index in [0.717, 1.165) is 11.1 Å².